The molecule has 0 bridgehead atoms. The summed E-state index contributed by atoms with van der Waals surface area (Å²) in [6.45, 7) is 5.10. The highest BCUT2D eigenvalue weighted by Gasteiger charge is 2.32. The molecular weight excluding hydrogens is 446 g/mol. The average molecular weight is 476 g/mol. The first-order valence-electron chi connectivity index (χ1n) is 11.3. The van der Waals surface area contributed by atoms with Crippen LogP contribution in [0.2, 0.25) is 0 Å². The van der Waals surface area contributed by atoms with Crippen LogP contribution in [0.15, 0.2) is 28.3 Å². The van der Waals surface area contributed by atoms with E-state index in [9.17, 15) is 8.42 Å². The maximum atomic E-state index is 11.8. The highest BCUT2D eigenvalue weighted by atomic mass is 32.2. The van der Waals surface area contributed by atoms with Crippen molar-refractivity contribution < 1.29 is 8.42 Å². The first kappa shape index (κ1) is 21.7. The molecule has 11 heteroatoms. The van der Waals surface area contributed by atoms with Crippen LogP contribution in [-0.4, -0.2) is 45.8 Å². The van der Waals surface area contributed by atoms with Crippen LogP contribution in [0.4, 0.5) is 5.95 Å². The third-order valence-electron chi connectivity index (χ3n) is 6.14. The molecule has 1 aromatic carbocycles. The van der Waals surface area contributed by atoms with Gasteiger partial charge in [-0.3, -0.25) is 4.57 Å². The molecule has 0 amide bonds. The smallest absolute Gasteiger partial charge is 0.238 e. The number of aromatic nitrogens is 5. The van der Waals surface area contributed by atoms with E-state index in [1.54, 1.807) is 23.9 Å². The molecule has 9 nitrogen and oxygen atoms in total. The highest BCUT2D eigenvalue weighted by molar-refractivity contribution is 7.98. The van der Waals surface area contributed by atoms with Crippen molar-refractivity contribution in [2.45, 2.75) is 73.8 Å². The minimum atomic E-state index is -3.76. The lowest BCUT2D eigenvalue weighted by molar-refractivity contribution is 0.598. The van der Waals surface area contributed by atoms with Crippen LogP contribution >= 0.6 is 11.8 Å². The summed E-state index contributed by atoms with van der Waals surface area (Å²) in [6.07, 6.45) is 6.87. The van der Waals surface area contributed by atoms with Crippen molar-refractivity contribution >= 4 is 38.8 Å². The third kappa shape index (κ3) is 4.25. The fourth-order valence-electron chi connectivity index (χ4n) is 4.29. The van der Waals surface area contributed by atoms with E-state index in [0.29, 0.717) is 17.3 Å². The van der Waals surface area contributed by atoms with Gasteiger partial charge < -0.3 is 9.47 Å². The summed E-state index contributed by atoms with van der Waals surface area (Å²) in [6, 6.07) is 5.44. The Hall–Kier alpha value is -2.11. The molecule has 3 aromatic rings. The van der Waals surface area contributed by atoms with Crippen molar-refractivity contribution in [3.63, 3.8) is 0 Å². The summed E-state index contributed by atoms with van der Waals surface area (Å²) in [5.74, 6) is 2.57. The van der Waals surface area contributed by atoms with Gasteiger partial charge in [-0.25, -0.2) is 18.5 Å². The molecule has 3 heterocycles. The van der Waals surface area contributed by atoms with Gasteiger partial charge in [0.1, 0.15) is 5.82 Å². The van der Waals surface area contributed by atoms with Gasteiger partial charge in [-0.2, -0.15) is 0 Å². The summed E-state index contributed by atoms with van der Waals surface area (Å²) in [7, 11) is -3.76. The van der Waals surface area contributed by atoms with Crippen molar-refractivity contribution in [1.29, 1.82) is 0 Å². The summed E-state index contributed by atoms with van der Waals surface area (Å²) in [5.41, 5.74) is 1.59. The van der Waals surface area contributed by atoms with E-state index in [2.05, 4.69) is 31.2 Å². The van der Waals surface area contributed by atoms with Crippen molar-refractivity contribution in [2.24, 2.45) is 5.14 Å². The molecule has 5 rings (SSSR count). The molecule has 0 radical (unpaired) electrons. The molecule has 1 saturated heterocycles. The van der Waals surface area contributed by atoms with Crippen LogP contribution in [-0.2, 0) is 22.3 Å². The van der Waals surface area contributed by atoms with Crippen LogP contribution in [0.1, 0.15) is 57.3 Å². The zero-order chi connectivity index (χ0) is 22.3. The van der Waals surface area contributed by atoms with Gasteiger partial charge in [0.25, 0.3) is 0 Å². The first-order chi connectivity index (χ1) is 15.5. The molecular formula is C21H29N7O2S2. The second-order valence-electron chi connectivity index (χ2n) is 8.60. The van der Waals surface area contributed by atoms with E-state index in [1.807, 2.05) is 6.07 Å². The number of fused-ring (bicyclic) bond motifs is 1. The summed E-state index contributed by atoms with van der Waals surface area (Å²) < 4.78 is 28.1. The number of rotatable bonds is 9. The number of primary sulfonamides is 1. The van der Waals surface area contributed by atoms with Crippen LogP contribution < -0.4 is 10.0 Å². The van der Waals surface area contributed by atoms with Crippen LogP contribution in [0.5, 0.6) is 0 Å². The van der Waals surface area contributed by atoms with Crippen LogP contribution in [0, 0.1) is 0 Å². The van der Waals surface area contributed by atoms with E-state index < -0.39 is 10.0 Å². The Kier molecular flexibility index (Phi) is 5.89. The van der Waals surface area contributed by atoms with Gasteiger partial charge in [-0.05, 0) is 50.3 Å². The quantitative estimate of drug-likeness (QED) is 0.473. The van der Waals surface area contributed by atoms with E-state index >= 15 is 0 Å². The average Bonchev–Trinajstić information content (AvgIpc) is 3.16. The Balaban J connectivity index is 1.45. The normalized spacial score (nSPS) is 17.0. The number of aryl methyl sites for hydroxylation is 1. The molecule has 2 aliphatic rings. The lowest BCUT2D eigenvalue weighted by Crippen LogP contribution is -2.22. The molecule has 1 saturated carbocycles. The summed E-state index contributed by atoms with van der Waals surface area (Å²) >= 11 is 1.66. The number of nitrogens with zero attached hydrogens (tertiary/aromatic N) is 6. The number of imidazole rings is 1. The number of hydrogen-bond acceptors (Lipinski definition) is 7. The standard InChI is InChI=1S/C21H29N7O2S2/c1-2-3-12-27-18-9-8-16(32(22,29)30)13-17(18)23-19(27)14-31-21-25-24-20(26-10-4-5-11-26)28(21)15-6-7-15/h8-9,13,15H,2-7,10-12,14H2,1H3,(H2,22,29,30). The van der Waals surface area contributed by atoms with Gasteiger partial charge in [0.2, 0.25) is 16.0 Å². The fourth-order valence-corrected chi connectivity index (χ4v) is 5.77. The van der Waals surface area contributed by atoms with Crippen molar-refractivity contribution in [3.05, 3.63) is 24.0 Å². The van der Waals surface area contributed by atoms with Crippen molar-refractivity contribution in [3.8, 4) is 0 Å². The Morgan fingerprint density at radius 1 is 1.19 bits per heavy atom. The number of benzene rings is 1. The summed E-state index contributed by atoms with van der Waals surface area (Å²) in [4.78, 5) is 7.22. The van der Waals surface area contributed by atoms with E-state index in [4.69, 9.17) is 10.1 Å². The second-order valence-corrected chi connectivity index (χ2v) is 11.1. The minimum absolute atomic E-state index is 0.0908. The van der Waals surface area contributed by atoms with Crippen molar-refractivity contribution in [2.75, 3.05) is 18.0 Å². The topological polar surface area (TPSA) is 112 Å². The predicted molar refractivity (Wildman–Crippen MR) is 125 cm³/mol. The van der Waals surface area contributed by atoms with E-state index in [0.717, 1.165) is 54.9 Å². The third-order valence-corrected chi connectivity index (χ3v) is 7.99. The molecule has 0 unspecified atom stereocenters. The van der Waals surface area contributed by atoms with Crippen LogP contribution in [0.3, 0.4) is 0 Å². The monoisotopic (exact) mass is 475 g/mol. The maximum absolute atomic E-state index is 11.8. The molecule has 172 valence electrons. The Bertz CT molecular complexity index is 1220. The lowest BCUT2D eigenvalue weighted by atomic mass is 10.3. The molecule has 2 N–H and O–H groups in total. The van der Waals surface area contributed by atoms with E-state index in [1.165, 1.54) is 25.7 Å². The Morgan fingerprint density at radius 3 is 2.66 bits per heavy atom. The number of sulfonamides is 1. The Labute approximate surface area is 192 Å². The predicted octanol–water partition coefficient (Wildman–Crippen LogP) is 3.30. The van der Waals surface area contributed by atoms with Crippen molar-refractivity contribution in [1.82, 2.24) is 24.3 Å². The van der Waals surface area contributed by atoms with Gasteiger partial charge in [0.15, 0.2) is 5.16 Å². The minimum Gasteiger partial charge on any atom is -0.341 e. The fraction of sp³-hybridized carbons (Fsp3) is 0.571. The second kappa shape index (κ2) is 8.68. The van der Waals surface area contributed by atoms with Gasteiger partial charge in [0.05, 0.1) is 21.7 Å². The van der Waals surface area contributed by atoms with Gasteiger partial charge in [-0.1, -0.05) is 25.1 Å². The molecule has 32 heavy (non-hydrogen) atoms. The summed E-state index contributed by atoms with van der Waals surface area (Å²) in [5, 5.41) is 15.3. The molecule has 1 aliphatic carbocycles. The number of hydrogen-bond donors (Lipinski definition) is 1. The molecule has 0 atom stereocenters. The number of unbranched alkanes of at least 4 members (excludes halogenated alkanes) is 1. The largest absolute Gasteiger partial charge is 0.341 e. The van der Waals surface area contributed by atoms with Gasteiger partial charge in [-0.15, -0.1) is 10.2 Å². The number of nitrogens with two attached hydrogens (primary N) is 1. The molecule has 2 fully saturated rings. The highest BCUT2D eigenvalue weighted by Crippen LogP contribution is 2.42. The molecule has 2 aromatic heterocycles. The SMILES string of the molecule is CCCCn1c(CSc2nnc(N3CCCC3)n2C2CC2)nc2cc(S(N)(=O)=O)ccc21. The van der Waals surface area contributed by atoms with Gasteiger partial charge >= 0.3 is 0 Å². The van der Waals surface area contributed by atoms with Gasteiger partial charge in [0, 0.05) is 25.7 Å². The zero-order valence-electron chi connectivity index (χ0n) is 18.3. The number of thioether (sulfide) groups is 1. The zero-order valence-corrected chi connectivity index (χ0v) is 19.9. The van der Waals surface area contributed by atoms with Crippen LogP contribution in [0.25, 0.3) is 11.0 Å². The number of anilines is 1. The van der Waals surface area contributed by atoms with E-state index in [-0.39, 0.29) is 4.90 Å². The lowest BCUT2D eigenvalue weighted by Gasteiger charge is -2.18. The maximum Gasteiger partial charge on any atom is 0.238 e. The molecule has 0 spiro atoms. The molecule has 1 aliphatic heterocycles. The Morgan fingerprint density at radius 2 is 1.97 bits per heavy atom. The first-order valence-corrected chi connectivity index (χ1v) is 13.8.